The Morgan fingerprint density at radius 3 is 3.09 bits per heavy atom. The number of hydrogen-bond donors (Lipinski definition) is 0. The molecule has 0 spiro atoms. The molecule has 1 unspecified atom stereocenters. The minimum atomic E-state index is 0.365. The van der Waals surface area contributed by atoms with Crippen LogP contribution in [0.3, 0.4) is 0 Å². The molecule has 2 heterocycles. The molecule has 1 aliphatic heterocycles. The van der Waals surface area contributed by atoms with Crippen LogP contribution in [0, 0.1) is 6.92 Å². The van der Waals surface area contributed by atoms with E-state index in [0.29, 0.717) is 6.10 Å². The van der Waals surface area contributed by atoms with Gasteiger partial charge in [0.2, 0.25) is 0 Å². The first-order chi connectivity index (χ1) is 5.27. The molecule has 1 aromatic rings. The van der Waals surface area contributed by atoms with Gasteiger partial charge in [0.15, 0.2) is 0 Å². The number of nitrogens with zero attached hydrogens (tertiary/aromatic N) is 2. The molecule has 2 rings (SSSR count). The highest BCUT2D eigenvalue weighted by Crippen LogP contribution is 2.17. The first kappa shape index (κ1) is 7.13. The highest BCUT2D eigenvalue weighted by molar-refractivity contribution is 6.31. The van der Waals surface area contributed by atoms with E-state index in [2.05, 4.69) is 5.10 Å². The van der Waals surface area contributed by atoms with Crippen LogP contribution in [0.25, 0.3) is 0 Å². The fourth-order valence-corrected chi connectivity index (χ4v) is 1.12. The Kier molecular flexibility index (Phi) is 1.62. The van der Waals surface area contributed by atoms with E-state index in [1.165, 1.54) is 0 Å². The molecule has 0 radical (unpaired) electrons. The summed E-state index contributed by atoms with van der Waals surface area (Å²) in [5.74, 6) is 0. The smallest absolute Gasteiger partial charge is 0.100 e. The van der Waals surface area contributed by atoms with Crippen LogP contribution in [0.15, 0.2) is 6.20 Å². The normalized spacial score (nSPS) is 22.2. The van der Waals surface area contributed by atoms with Crippen LogP contribution >= 0.6 is 11.6 Å². The standard InChI is InChI=1S/C7H9ClN2O/c1-5-7(8)2-9-10(5)3-6-4-11-6/h2,6H,3-4H2,1H3. The topological polar surface area (TPSA) is 30.4 Å². The van der Waals surface area contributed by atoms with E-state index in [9.17, 15) is 0 Å². The van der Waals surface area contributed by atoms with E-state index < -0.39 is 0 Å². The third-order valence-electron chi connectivity index (χ3n) is 1.82. The highest BCUT2D eigenvalue weighted by Gasteiger charge is 2.23. The summed E-state index contributed by atoms with van der Waals surface area (Å²) in [5.41, 5.74) is 1.02. The van der Waals surface area contributed by atoms with E-state index in [-0.39, 0.29) is 0 Å². The Morgan fingerprint density at radius 1 is 1.91 bits per heavy atom. The lowest BCUT2D eigenvalue weighted by Crippen LogP contribution is -2.07. The summed E-state index contributed by atoms with van der Waals surface area (Å²) in [4.78, 5) is 0. The number of halogens is 1. The van der Waals surface area contributed by atoms with Crippen LogP contribution in [-0.2, 0) is 11.3 Å². The predicted molar refractivity (Wildman–Crippen MR) is 41.7 cm³/mol. The van der Waals surface area contributed by atoms with Gasteiger partial charge in [0.1, 0.15) is 6.10 Å². The lowest BCUT2D eigenvalue weighted by atomic mass is 10.4. The van der Waals surface area contributed by atoms with Gasteiger partial charge in [-0.3, -0.25) is 4.68 Å². The molecule has 0 N–H and O–H groups in total. The van der Waals surface area contributed by atoms with Gasteiger partial charge >= 0.3 is 0 Å². The molecule has 4 heteroatoms. The summed E-state index contributed by atoms with van der Waals surface area (Å²) < 4.78 is 6.95. The van der Waals surface area contributed by atoms with Gasteiger partial charge in [0.05, 0.1) is 30.1 Å². The highest BCUT2D eigenvalue weighted by atomic mass is 35.5. The molecule has 60 valence electrons. The zero-order chi connectivity index (χ0) is 7.84. The second-order valence-electron chi connectivity index (χ2n) is 2.72. The lowest BCUT2D eigenvalue weighted by molar-refractivity contribution is 0.371. The van der Waals surface area contributed by atoms with Gasteiger partial charge in [0, 0.05) is 0 Å². The second kappa shape index (κ2) is 2.50. The van der Waals surface area contributed by atoms with E-state index in [1.807, 2.05) is 11.6 Å². The van der Waals surface area contributed by atoms with Gasteiger partial charge in [-0.15, -0.1) is 0 Å². The fourth-order valence-electron chi connectivity index (χ4n) is 0.974. The SMILES string of the molecule is Cc1c(Cl)cnn1CC1CO1. The number of hydrogen-bond acceptors (Lipinski definition) is 2. The molecule has 0 aliphatic carbocycles. The van der Waals surface area contributed by atoms with Crippen molar-refractivity contribution in [3.8, 4) is 0 Å². The van der Waals surface area contributed by atoms with Crippen molar-refractivity contribution in [3.63, 3.8) is 0 Å². The quantitative estimate of drug-likeness (QED) is 0.629. The first-order valence-electron chi connectivity index (χ1n) is 3.57. The maximum absolute atomic E-state index is 5.81. The van der Waals surface area contributed by atoms with Crippen LogP contribution in [0.5, 0.6) is 0 Å². The van der Waals surface area contributed by atoms with Crippen LogP contribution in [0.1, 0.15) is 5.69 Å². The summed E-state index contributed by atoms with van der Waals surface area (Å²) in [5, 5.41) is 4.83. The summed E-state index contributed by atoms with van der Waals surface area (Å²) >= 11 is 5.81. The van der Waals surface area contributed by atoms with Gasteiger partial charge < -0.3 is 4.74 Å². The van der Waals surface area contributed by atoms with Crippen LogP contribution in [0.4, 0.5) is 0 Å². The molecular weight excluding hydrogens is 164 g/mol. The molecule has 1 saturated heterocycles. The fraction of sp³-hybridized carbons (Fsp3) is 0.571. The number of epoxide rings is 1. The van der Waals surface area contributed by atoms with E-state index >= 15 is 0 Å². The predicted octanol–water partition coefficient (Wildman–Crippen LogP) is 1.24. The van der Waals surface area contributed by atoms with Gasteiger partial charge in [-0.1, -0.05) is 11.6 Å². The molecule has 1 aromatic heterocycles. The van der Waals surface area contributed by atoms with Crippen LogP contribution in [-0.4, -0.2) is 22.5 Å². The monoisotopic (exact) mass is 172 g/mol. The molecule has 0 saturated carbocycles. The molecule has 0 aromatic carbocycles. The van der Waals surface area contributed by atoms with Crippen molar-refractivity contribution >= 4 is 11.6 Å². The van der Waals surface area contributed by atoms with Crippen molar-refractivity contribution in [2.24, 2.45) is 0 Å². The molecule has 0 bridgehead atoms. The Labute approximate surface area is 69.9 Å². The second-order valence-corrected chi connectivity index (χ2v) is 3.12. The third-order valence-corrected chi connectivity index (χ3v) is 2.19. The van der Waals surface area contributed by atoms with Gasteiger partial charge in [0.25, 0.3) is 0 Å². The molecule has 1 aliphatic rings. The first-order valence-corrected chi connectivity index (χ1v) is 3.94. The molecule has 3 nitrogen and oxygen atoms in total. The largest absolute Gasteiger partial charge is 0.371 e. The maximum Gasteiger partial charge on any atom is 0.100 e. The van der Waals surface area contributed by atoms with Crippen molar-refractivity contribution in [3.05, 3.63) is 16.9 Å². The van der Waals surface area contributed by atoms with Crippen molar-refractivity contribution in [2.75, 3.05) is 6.61 Å². The number of rotatable bonds is 2. The lowest BCUT2D eigenvalue weighted by Gasteiger charge is -1.99. The zero-order valence-corrected chi connectivity index (χ0v) is 7.01. The molecule has 0 amide bonds. The average molecular weight is 173 g/mol. The Hall–Kier alpha value is -0.540. The summed E-state index contributed by atoms with van der Waals surface area (Å²) in [6.45, 7) is 3.65. The molecule has 1 atom stereocenters. The van der Waals surface area contributed by atoms with E-state index in [1.54, 1.807) is 6.20 Å². The zero-order valence-electron chi connectivity index (χ0n) is 6.25. The van der Waals surface area contributed by atoms with Crippen LogP contribution in [0.2, 0.25) is 5.02 Å². The summed E-state index contributed by atoms with van der Waals surface area (Å²) in [6, 6.07) is 0. The molecular formula is C7H9ClN2O. The van der Waals surface area contributed by atoms with Crippen molar-refractivity contribution in [1.82, 2.24) is 9.78 Å². The van der Waals surface area contributed by atoms with Crippen LogP contribution < -0.4 is 0 Å². The Bertz CT molecular complexity index is 267. The van der Waals surface area contributed by atoms with Gasteiger partial charge in [-0.05, 0) is 6.92 Å². The minimum Gasteiger partial charge on any atom is -0.371 e. The summed E-state index contributed by atoms with van der Waals surface area (Å²) in [6.07, 6.45) is 2.03. The van der Waals surface area contributed by atoms with E-state index in [0.717, 1.165) is 23.9 Å². The minimum absolute atomic E-state index is 0.365. The van der Waals surface area contributed by atoms with Gasteiger partial charge in [-0.25, -0.2) is 0 Å². The number of ether oxygens (including phenoxy) is 1. The molecule has 1 fully saturated rings. The van der Waals surface area contributed by atoms with Crippen molar-refractivity contribution < 1.29 is 4.74 Å². The van der Waals surface area contributed by atoms with Gasteiger partial charge in [-0.2, -0.15) is 5.10 Å². The van der Waals surface area contributed by atoms with Crippen molar-refractivity contribution in [1.29, 1.82) is 0 Å². The number of aromatic nitrogens is 2. The van der Waals surface area contributed by atoms with Crippen molar-refractivity contribution in [2.45, 2.75) is 19.6 Å². The maximum atomic E-state index is 5.81. The third kappa shape index (κ3) is 1.39. The average Bonchev–Trinajstić information content (AvgIpc) is 2.74. The summed E-state index contributed by atoms with van der Waals surface area (Å²) in [7, 11) is 0. The Morgan fingerprint density at radius 2 is 2.64 bits per heavy atom. The molecule has 11 heavy (non-hydrogen) atoms. The Balaban J connectivity index is 2.15. The van der Waals surface area contributed by atoms with E-state index in [4.69, 9.17) is 16.3 Å².